The number of carbonyl (C=O) groups is 5. The Bertz CT molecular complexity index is 1250. The number of ether oxygens (including phenoxy) is 1. The number of nitrogens with one attached hydrogen (secondary N) is 1. The fraction of sp³-hybridized carbons (Fsp3) is 0.393. The Labute approximate surface area is 214 Å². The van der Waals surface area contributed by atoms with E-state index < -0.39 is 41.4 Å². The van der Waals surface area contributed by atoms with E-state index in [1.807, 2.05) is 6.92 Å². The molecule has 4 bridgehead atoms. The Morgan fingerprint density at radius 1 is 1.08 bits per heavy atom. The van der Waals surface area contributed by atoms with Gasteiger partial charge in [0.05, 0.1) is 11.3 Å². The summed E-state index contributed by atoms with van der Waals surface area (Å²) in [6, 6.07) is 1.33. The number of aliphatic hydroxyl groups excluding tert-OH is 1. The molecule has 0 aromatic heterocycles. The Hall–Kier alpha value is -3.85. The average molecular weight is 510 g/mol. The van der Waals surface area contributed by atoms with Gasteiger partial charge in [0.25, 0.3) is 0 Å². The van der Waals surface area contributed by atoms with Crippen molar-refractivity contribution in [3.63, 3.8) is 0 Å². The van der Waals surface area contributed by atoms with Crippen LogP contribution in [0.3, 0.4) is 0 Å². The lowest BCUT2D eigenvalue weighted by atomic mass is 9.84. The summed E-state index contributed by atoms with van der Waals surface area (Å²) in [6.07, 6.45) is 4.26. The van der Waals surface area contributed by atoms with Crippen molar-refractivity contribution < 1.29 is 38.9 Å². The van der Waals surface area contributed by atoms with Gasteiger partial charge in [-0.05, 0) is 51.2 Å². The van der Waals surface area contributed by atoms with E-state index in [2.05, 4.69) is 5.32 Å². The number of phenolic OH excluding ortho intramolecular Hbond substituents is 1. The van der Waals surface area contributed by atoms with Crippen molar-refractivity contribution in [1.29, 1.82) is 0 Å². The minimum Gasteiger partial charge on any atom is -0.507 e. The number of fused-ring (bicyclic) bond motifs is 13. The van der Waals surface area contributed by atoms with Gasteiger partial charge in [-0.25, -0.2) is 4.79 Å². The molecule has 0 saturated carbocycles. The molecule has 37 heavy (non-hydrogen) atoms. The number of benzene rings is 1. The number of carbonyl (C=O) groups excluding carboxylic acids is 5. The van der Waals surface area contributed by atoms with E-state index in [-0.39, 0.29) is 58.0 Å². The summed E-state index contributed by atoms with van der Waals surface area (Å²) in [5.74, 6) is -3.67. The van der Waals surface area contributed by atoms with Crippen molar-refractivity contribution in [1.82, 2.24) is 5.32 Å². The van der Waals surface area contributed by atoms with Gasteiger partial charge in [0.15, 0.2) is 11.6 Å². The van der Waals surface area contributed by atoms with Crippen molar-refractivity contribution in [2.45, 2.75) is 65.6 Å². The molecule has 4 rings (SSSR count). The number of esters is 1. The Morgan fingerprint density at radius 3 is 2.46 bits per heavy atom. The number of ketones is 3. The third kappa shape index (κ3) is 6.11. The zero-order valence-electron chi connectivity index (χ0n) is 21.3. The van der Waals surface area contributed by atoms with Crippen LogP contribution >= 0.6 is 0 Å². The van der Waals surface area contributed by atoms with Crippen LogP contribution in [0.2, 0.25) is 0 Å². The third-order valence-electron chi connectivity index (χ3n) is 6.59. The number of hydrogen-bond acceptors (Lipinski definition) is 8. The highest BCUT2D eigenvalue weighted by Gasteiger charge is 2.33. The predicted octanol–water partition coefficient (Wildman–Crippen LogP) is 3.27. The smallest absolute Gasteiger partial charge is 0.333 e. The molecular formula is C28H31NO8. The van der Waals surface area contributed by atoms with Crippen molar-refractivity contribution in [2.24, 2.45) is 5.92 Å². The molecule has 0 spiro atoms. The minimum absolute atomic E-state index is 0.0221. The molecule has 3 atom stereocenters. The van der Waals surface area contributed by atoms with Gasteiger partial charge < -0.3 is 20.3 Å². The zero-order chi connectivity index (χ0) is 27.4. The molecule has 2 aliphatic heterocycles. The van der Waals surface area contributed by atoms with Crippen LogP contribution in [-0.4, -0.2) is 51.6 Å². The molecule has 0 saturated heterocycles. The van der Waals surface area contributed by atoms with E-state index in [9.17, 15) is 34.2 Å². The summed E-state index contributed by atoms with van der Waals surface area (Å²) in [5, 5.41) is 23.5. The monoisotopic (exact) mass is 509 g/mol. The number of aromatic hydroxyl groups is 1. The van der Waals surface area contributed by atoms with E-state index in [1.165, 1.54) is 39.0 Å². The number of Topliss-reactive ketones (excluding diaryl/α,β-unsaturated/α-hetero) is 2. The fourth-order valence-electron chi connectivity index (χ4n) is 4.19. The Morgan fingerprint density at radius 2 is 1.78 bits per heavy atom. The molecule has 196 valence electrons. The van der Waals surface area contributed by atoms with Crippen molar-refractivity contribution >= 4 is 29.2 Å². The average Bonchev–Trinajstić information content (AvgIpc) is 2.85. The van der Waals surface area contributed by atoms with Gasteiger partial charge in [0.1, 0.15) is 18.0 Å². The number of hydrogen-bond donors (Lipinski definition) is 3. The van der Waals surface area contributed by atoms with E-state index >= 15 is 0 Å². The van der Waals surface area contributed by atoms with E-state index in [4.69, 9.17) is 4.74 Å². The van der Waals surface area contributed by atoms with Gasteiger partial charge in [0.2, 0.25) is 11.7 Å². The summed E-state index contributed by atoms with van der Waals surface area (Å²) in [4.78, 5) is 64.2. The lowest BCUT2D eigenvalue weighted by Crippen LogP contribution is -2.32. The summed E-state index contributed by atoms with van der Waals surface area (Å²) >= 11 is 0. The Kier molecular flexibility index (Phi) is 8.60. The molecular weight excluding hydrogens is 478 g/mol. The molecule has 3 aliphatic rings. The van der Waals surface area contributed by atoms with E-state index in [0.29, 0.717) is 12.8 Å². The van der Waals surface area contributed by atoms with Crippen LogP contribution in [0, 0.1) is 12.8 Å². The molecule has 1 aliphatic carbocycles. The number of aryl methyl sites for hydroxylation is 1. The number of phenols is 1. The first-order chi connectivity index (χ1) is 17.4. The molecule has 1 unspecified atom stereocenters. The van der Waals surface area contributed by atoms with Crippen LogP contribution in [-0.2, 0) is 14.3 Å². The lowest BCUT2D eigenvalue weighted by molar-refractivity contribution is -0.147. The summed E-state index contributed by atoms with van der Waals surface area (Å²) in [7, 11) is 0. The van der Waals surface area contributed by atoms with Crippen molar-refractivity contribution in [2.75, 3.05) is 0 Å². The van der Waals surface area contributed by atoms with Gasteiger partial charge in [-0.2, -0.15) is 0 Å². The molecule has 1 aromatic carbocycles. The molecule has 9 nitrogen and oxygen atoms in total. The molecule has 3 N–H and O–H groups in total. The highest BCUT2D eigenvalue weighted by atomic mass is 16.6. The number of rotatable bonds is 1. The highest BCUT2D eigenvalue weighted by Crippen LogP contribution is 2.34. The molecule has 1 aromatic rings. The second-order valence-electron chi connectivity index (χ2n) is 9.35. The van der Waals surface area contributed by atoms with Crippen LogP contribution in [0.4, 0.5) is 0 Å². The normalized spacial score (nSPS) is 24.7. The standard InChI is InChI=1S/C28H31NO8/c1-5-17-7-9-20(30)16(4)37-28(36)14(2)6-11-23(33)29-19-13-22(32)24-18(27(19)35)12-15(3)26(34)25(24)21(31)10-8-17/h6-7,9,12-13,16-17,20,30,34H,5,8,10-11H2,1-4H3,(H,29,33)/b9-7-,14-6?/t16-,17?,20-/m0/s1. The molecule has 1 amide bonds. The largest absolute Gasteiger partial charge is 0.507 e. The first-order valence-electron chi connectivity index (χ1n) is 12.2. The maximum absolute atomic E-state index is 13.2. The van der Waals surface area contributed by atoms with Gasteiger partial charge in [-0.3, -0.25) is 19.2 Å². The first kappa shape index (κ1) is 27.7. The van der Waals surface area contributed by atoms with Gasteiger partial charge >= 0.3 is 5.97 Å². The van der Waals surface area contributed by atoms with Gasteiger partial charge in [-0.15, -0.1) is 0 Å². The zero-order valence-corrected chi connectivity index (χ0v) is 21.3. The fourth-order valence-corrected chi connectivity index (χ4v) is 4.19. The molecule has 9 heteroatoms. The second kappa shape index (κ2) is 11.5. The third-order valence-corrected chi connectivity index (χ3v) is 6.59. The summed E-state index contributed by atoms with van der Waals surface area (Å²) in [5.41, 5.74) is -0.339. The van der Waals surface area contributed by atoms with Crippen LogP contribution < -0.4 is 5.32 Å². The number of aliphatic hydroxyl groups is 1. The van der Waals surface area contributed by atoms with Crippen LogP contribution in [0.1, 0.15) is 83.1 Å². The molecule has 2 heterocycles. The van der Waals surface area contributed by atoms with Gasteiger partial charge in [0, 0.05) is 35.6 Å². The van der Waals surface area contributed by atoms with E-state index in [0.717, 1.165) is 6.08 Å². The minimum atomic E-state index is -1.09. The first-order valence-corrected chi connectivity index (χ1v) is 12.2. The Balaban J connectivity index is 2.06. The number of amides is 1. The van der Waals surface area contributed by atoms with Crippen molar-refractivity contribution in [3.05, 3.63) is 63.9 Å². The maximum Gasteiger partial charge on any atom is 0.333 e. The maximum atomic E-state index is 13.2. The van der Waals surface area contributed by atoms with E-state index in [1.54, 1.807) is 6.08 Å². The quantitative estimate of drug-likeness (QED) is 0.386. The molecule has 0 fully saturated rings. The predicted molar refractivity (Wildman–Crippen MR) is 134 cm³/mol. The number of allylic oxidation sites excluding steroid dienone is 3. The van der Waals surface area contributed by atoms with Gasteiger partial charge in [-0.1, -0.05) is 25.2 Å². The SMILES string of the molecule is CCC1/C=C\[C@H](O)[C@H](C)OC(=O)C(C)=CCC(=O)NC2=CC(=O)c3c(cc(C)c(O)c3C(=O)CC1)C2=O. The topological polar surface area (TPSA) is 147 Å². The van der Waals surface area contributed by atoms with Crippen LogP contribution in [0.15, 0.2) is 41.6 Å². The lowest BCUT2D eigenvalue weighted by Gasteiger charge is -2.21. The van der Waals surface area contributed by atoms with Crippen molar-refractivity contribution in [3.8, 4) is 5.75 Å². The second-order valence-corrected chi connectivity index (χ2v) is 9.35. The molecule has 0 radical (unpaired) electrons. The van der Waals surface area contributed by atoms with Crippen LogP contribution in [0.25, 0.3) is 0 Å². The van der Waals surface area contributed by atoms with Crippen LogP contribution in [0.5, 0.6) is 5.75 Å². The summed E-state index contributed by atoms with van der Waals surface area (Å²) in [6.45, 7) is 6.43. The summed E-state index contributed by atoms with van der Waals surface area (Å²) < 4.78 is 5.28. The highest BCUT2D eigenvalue weighted by molar-refractivity contribution is 6.28.